The Morgan fingerprint density at radius 2 is 1.14 bits per heavy atom. The first-order valence-electron chi connectivity index (χ1n) is 21.5. The molecule has 1 N–H and O–H groups in total. The predicted molar refractivity (Wildman–Crippen MR) is 210 cm³/mol. The number of hydrogen-bond donors (Lipinski definition) is 1. The van der Waals surface area contributed by atoms with Crippen molar-refractivity contribution in [2.75, 3.05) is 26.2 Å². The summed E-state index contributed by atoms with van der Waals surface area (Å²) in [7, 11) is 0. The van der Waals surface area contributed by atoms with E-state index in [0.717, 1.165) is 96.8 Å². The maximum Gasteiger partial charge on any atom is 0.308 e. The van der Waals surface area contributed by atoms with E-state index < -0.39 is 0 Å². The Bertz CT molecular complexity index is 844. The Morgan fingerprint density at radius 1 is 0.673 bits per heavy atom. The zero-order chi connectivity index (χ0) is 35.6. The van der Waals surface area contributed by atoms with Crippen LogP contribution in [0.5, 0.6) is 0 Å². The van der Waals surface area contributed by atoms with Gasteiger partial charge in [0.25, 0.3) is 0 Å². The number of aromatic nitrogens is 2. The lowest BCUT2D eigenvalue weighted by Crippen LogP contribution is -2.34. The summed E-state index contributed by atoms with van der Waals surface area (Å²) in [6.45, 7) is 13.2. The number of imidazole rings is 1. The minimum Gasteiger partial charge on any atom is -0.465 e. The molecule has 0 radical (unpaired) electrons. The van der Waals surface area contributed by atoms with Crippen LogP contribution < -0.4 is 0 Å². The maximum absolute atomic E-state index is 13.0. The zero-order valence-electron chi connectivity index (χ0n) is 33.2. The highest BCUT2D eigenvalue weighted by atomic mass is 16.5. The van der Waals surface area contributed by atoms with Crippen LogP contribution in [0.3, 0.4) is 0 Å². The van der Waals surface area contributed by atoms with E-state index in [1.54, 1.807) is 0 Å². The first-order valence-corrected chi connectivity index (χ1v) is 21.5. The summed E-state index contributed by atoms with van der Waals surface area (Å²) in [4.78, 5) is 19.7. The molecule has 0 aromatic carbocycles. The van der Waals surface area contributed by atoms with Gasteiger partial charge in [0.1, 0.15) is 0 Å². The van der Waals surface area contributed by atoms with E-state index in [-0.39, 0.29) is 18.0 Å². The van der Waals surface area contributed by atoms with Gasteiger partial charge < -0.3 is 19.3 Å². The number of unbranched alkanes of at least 4 members (excludes halogenated alkanes) is 20. The van der Waals surface area contributed by atoms with Crippen molar-refractivity contribution in [2.45, 2.75) is 220 Å². The first kappa shape index (κ1) is 45.6. The largest absolute Gasteiger partial charge is 0.465 e. The molecule has 1 aromatic rings. The Labute approximate surface area is 304 Å². The van der Waals surface area contributed by atoms with E-state index in [2.05, 4.69) is 42.1 Å². The summed E-state index contributed by atoms with van der Waals surface area (Å²) in [6, 6.07) is 0. The van der Waals surface area contributed by atoms with E-state index in [9.17, 15) is 9.90 Å². The van der Waals surface area contributed by atoms with Crippen LogP contribution in [0.4, 0.5) is 0 Å². The topological polar surface area (TPSA) is 67.6 Å². The van der Waals surface area contributed by atoms with Crippen LogP contribution in [-0.2, 0) is 16.1 Å². The minimum atomic E-state index is -0.241. The van der Waals surface area contributed by atoms with Gasteiger partial charge in [0.15, 0.2) is 0 Å². The molecule has 0 aliphatic heterocycles. The predicted octanol–water partition coefficient (Wildman–Crippen LogP) is 12.0. The Morgan fingerprint density at radius 3 is 1.69 bits per heavy atom. The third kappa shape index (κ3) is 27.0. The van der Waals surface area contributed by atoms with E-state index >= 15 is 0 Å². The summed E-state index contributed by atoms with van der Waals surface area (Å²) >= 11 is 0. The second-order valence-electron chi connectivity index (χ2n) is 15.2. The van der Waals surface area contributed by atoms with Crippen molar-refractivity contribution in [3.05, 3.63) is 18.2 Å². The molecular formula is C43H83N3O3. The van der Waals surface area contributed by atoms with Gasteiger partial charge in [-0.15, -0.1) is 0 Å². The third-order valence-electron chi connectivity index (χ3n) is 10.4. The number of rotatable bonds is 37. The van der Waals surface area contributed by atoms with Gasteiger partial charge in [0.05, 0.1) is 25.0 Å². The average molecular weight is 690 g/mol. The van der Waals surface area contributed by atoms with Gasteiger partial charge in [-0.25, -0.2) is 4.98 Å². The lowest BCUT2D eigenvalue weighted by molar-refractivity contribution is -0.149. The fourth-order valence-corrected chi connectivity index (χ4v) is 7.09. The first-order chi connectivity index (χ1) is 24.0. The van der Waals surface area contributed by atoms with E-state index in [0.29, 0.717) is 6.61 Å². The number of aryl methyl sites for hydroxylation is 2. The molecule has 0 saturated carbocycles. The molecule has 0 fully saturated rings. The molecular weight excluding hydrogens is 606 g/mol. The molecule has 0 aliphatic rings. The van der Waals surface area contributed by atoms with Crippen molar-refractivity contribution in [3.63, 3.8) is 0 Å². The third-order valence-corrected chi connectivity index (χ3v) is 10.4. The van der Waals surface area contributed by atoms with Gasteiger partial charge in [-0.1, -0.05) is 162 Å². The Kier molecular flexibility index (Phi) is 31.4. The quantitative estimate of drug-likeness (QED) is 0.0556. The second kappa shape index (κ2) is 33.7. The van der Waals surface area contributed by atoms with Gasteiger partial charge in [0, 0.05) is 25.0 Å². The molecule has 1 rings (SSSR count). The number of esters is 1. The molecule has 0 bridgehead atoms. The fraction of sp³-hybridized carbons (Fsp3) is 0.907. The molecule has 6 nitrogen and oxygen atoms in total. The van der Waals surface area contributed by atoms with Crippen LogP contribution in [0.1, 0.15) is 206 Å². The number of nitrogens with zero attached hydrogens (tertiary/aromatic N) is 3. The SMILES string of the molecule is CCCCCCCCCCCCC(O)CN(CCCCCCOC(=O)C(CCCCCC)CCCCCCCC)CCCn1cncc1C. The molecule has 0 saturated heterocycles. The van der Waals surface area contributed by atoms with Crippen molar-refractivity contribution in [3.8, 4) is 0 Å². The number of ether oxygens (including phenoxy) is 1. The number of hydrogen-bond acceptors (Lipinski definition) is 5. The number of carbonyl (C=O) groups is 1. The highest BCUT2D eigenvalue weighted by Gasteiger charge is 2.19. The summed E-state index contributed by atoms with van der Waals surface area (Å²) in [5.41, 5.74) is 1.21. The van der Waals surface area contributed by atoms with Crippen LogP contribution >= 0.6 is 0 Å². The van der Waals surface area contributed by atoms with Gasteiger partial charge in [-0.2, -0.15) is 0 Å². The van der Waals surface area contributed by atoms with E-state index in [1.165, 1.54) is 115 Å². The minimum absolute atomic E-state index is 0.0563. The zero-order valence-corrected chi connectivity index (χ0v) is 33.2. The van der Waals surface area contributed by atoms with Crippen molar-refractivity contribution < 1.29 is 14.6 Å². The molecule has 0 aliphatic carbocycles. The molecule has 1 aromatic heterocycles. The highest BCUT2D eigenvalue weighted by molar-refractivity contribution is 5.72. The summed E-state index contributed by atoms with van der Waals surface area (Å²) in [6.07, 6.45) is 37.7. The molecule has 2 atom stereocenters. The van der Waals surface area contributed by atoms with Crippen LogP contribution in [-0.4, -0.2) is 57.9 Å². The molecule has 49 heavy (non-hydrogen) atoms. The Balaban J connectivity index is 2.35. The van der Waals surface area contributed by atoms with E-state index in [4.69, 9.17) is 4.74 Å². The van der Waals surface area contributed by atoms with Gasteiger partial charge in [0.2, 0.25) is 0 Å². The van der Waals surface area contributed by atoms with E-state index in [1.807, 2.05) is 12.5 Å². The molecule has 0 spiro atoms. The lowest BCUT2D eigenvalue weighted by atomic mass is 9.94. The van der Waals surface area contributed by atoms with Crippen molar-refractivity contribution in [1.29, 1.82) is 0 Å². The molecule has 6 heteroatoms. The molecule has 2 unspecified atom stereocenters. The summed E-state index contributed by atoms with van der Waals surface area (Å²) < 4.78 is 8.06. The molecule has 0 amide bonds. The normalized spacial score (nSPS) is 12.9. The summed E-state index contributed by atoms with van der Waals surface area (Å²) in [5, 5.41) is 10.9. The Hall–Kier alpha value is -1.40. The summed E-state index contributed by atoms with van der Waals surface area (Å²) in [5.74, 6) is 0.148. The fourth-order valence-electron chi connectivity index (χ4n) is 7.09. The van der Waals surface area contributed by atoms with Crippen LogP contribution in [0, 0.1) is 12.8 Å². The van der Waals surface area contributed by atoms with Gasteiger partial charge in [-0.05, 0) is 58.5 Å². The highest BCUT2D eigenvalue weighted by Crippen LogP contribution is 2.21. The van der Waals surface area contributed by atoms with Crippen molar-refractivity contribution in [2.24, 2.45) is 5.92 Å². The van der Waals surface area contributed by atoms with Crippen LogP contribution in [0.2, 0.25) is 0 Å². The number of aliphatic hydroxyl groups excluding tert-OH is 1. The van der Waals surface area contributed by atoms with Crippen LogP contribution in [0.15, 0.2) is 12.5 Å². The molecule has 288 valence electrons. The maximum atomic E-state index is 13.0. The standard InChI is InChI=1S/C43H83N3O3/c1-5-8-11-14-16-17-18-19-21-26-32-42(47)38-45(34-29-35-46-39-44-37-40(46)4)33-27-22-23-28-36-49-43(48)41(30-24-13-10-7-3)31-25-20-15-12-9-6-2/h37,39,41-42,47H,5-36,38H2,1-4H3. The second-order valence-corrected chi connectivity index (χ2v) is 15.2. The van der Waals surface area contributed by atoms with Gasteiger partial charge in [-0.3, -0.25) is 4.79 Å². The average Bonchev–Trinajstić information content (AvgIpc) is 3.51. The van der Waals surface area contributed by atoms with Gasteiger partial charge >= 0.3 is 5.97 Å². The monoisotopic (exact) mass is 690 g/mol. The smallest absolute Gasteiger partial charge is 0.308 e. The van der Waals surface area contributed by atoms with Crippen molar-refractivity contribution in [1.82, 2.24) is 14.5 Å². The van der Waals surface area contributed by atoms with Crippen LogP contribution in [0.25, 0.3) is 0 Å². The molecule has 1 heterocycles. The lowest BCUT2D eigenvalue weighted by Gasteiger charge is -2.25. The van der Waals surface area contributed by atoms with Crippen molar-refractivity contribution >= 4 is 5.97 Å². The number of carbonyl (C=O) groups excluding carboxylic acids is 1. The number of aliphatic hydroxyl groups is 1.